The summed E-state index contributed by atoms with van der Waals surface area (Å²) in [5.41, 5.74) is 0. The number of benzene rings is 1. The Kier molecular flexibility index (Phi) is 5.66. The number of ether oxygens (including phenoxy) is 2. The summed E-state index contributed by atoms with van der Waals surface area (Å²) in [6.45, 7) is 4.14. The van der Waals surface area contributed by atoms with Gasteiger partial charge in [-0.25, -0.2) is 0 Å². The topological polar surface area (TPSA) is 54.0 Å². The molecule has 0 spiro atoms. The predicted octanol–water partition coefficient (Wildman–Crippen LogP) is 2.60. The smallest absolute Gasteiger partial charge is 0.361 e. The summed E-state index contributed by atoms with van der Waals surface area (Å²) in [6.07, 6.45) is 0. The first-order valence-electron chi connectivity index (χ1n) is 5.72. The molecule has 0 aliphatic carbocycles. The minimum atomic E-state index is -3.31. The Balaban J connectivity index is 3.22. The van der Waals surface area contributed by atoms with Crippen LogP contribution < -0.4 is 14.8 Å². The first-order valence-corrected chi connectivity index (χ1v) is 7.26. The van der Waals surface area contributed by atoms with Gasteiger partial charge in [-0.2, -0.15) is 0 Å². The molecule has 6 heteroatoms. The lowest BCUT2D eigenvalue weighted by Crippen LogP contribution is -2.11. The summed E-state index contributed by atoms with van der Waals surface area (Å²) in [6, 6.07) is 4.97. The van der Waals surface area contributed by atoms with Gasteiger partial charge in [0, 0.05) is 6.07 Å². The van der Waals surface area contributed by atoms with Crippen molar-refractivity contribution in [1.29, 1.82) is 0 Å². The molecular weight excluding hydrogens is 255 g/mol. The zero-order valence-electron chi connectivity index (χ0n) is 11.1. The molecule has 5 nitrogen and oxygen atoms in total. The van der Waals surface area contributed by atoms with Crippen LogP contribution in [-0.2, 0) is 13.6 Å². The van der Waals surface area contributed by atoms with Crippen LogP contribution in [0.25, 0.3) is 0 Å². The van der Waals surface area contributed by atoms with Gasteiger partial charge >= 0.3 is 7.60 Å². The average Bonchev–Trinajstić information content (AvgIpc) is 2.38. The van der Waals surface area contributed by atoms with Crippen LogP contribution in [0.1, 0.15) is 13.8 Å². The van der Waals surface area contributed by atoms with Crippen molar-refractivity contribution in [2.24, 2.45) is 0 Å². The van der Waals surface area contributed by atoms with Crippen LogP contribution in [0.2, 0.25) is 0 Å². The Morgan fingerprint density at radius 2 is 1.39 bits per heavy atom. The zero-order valence-corrected chi connectivity index (χ0v) is 12.0. The summed E-state index contributed by atoms with van der Waals surface area (Å²) >= 11 is 0. The molecule has 0 radical (unpaired) electrons. The lowest BCUT2D eigenvalue weighted by Gasteiger charge is -2.18. The normalized spacial score (nSPS) is 11.3. The molecule has 1 rings (SSSR count). The number of hydrogen-bond donors (Lipinski definition) is 0. The molecule has 0 saturated carbocycles. The van der Waals surface area contributed by atoms with Gasteiger partial charge in [0.15, 0.2) is 0 Å². The Hall–Kier alpha value is -1.03. The van der Waals surface area contributed by atoms with Gasteiger partial charge < -0.3 is 18.5 Å². The Morgan fingerprint density at radius 1 is 0.944 bits per heavy atom. The molecule has 102 valence electrons. The number of rotatable bonds is 7. The molecule has 1 aromatic rings. The second-order valence-corrected chi connectivity index (χ2v) is 5.43. The van der Waals surface area contributed by atoms with Gasteiger partial charge in [-0.05, 0) is 26.0 Å². The summed E-state index contributed by atoms with van der Waals surface area (Å²) in [5.74, 6) is 1.09. The Bertz CT molecular complexity index is 400. The standard InChI is InChI=1S/C12H19O5P/c1-5-16-18(13,17-6-2)12-8-10(14-3)7-11(9-12)15-4/h7-9H,5-6H2,1-4H3. The third kappa shape index (κ3) is 3.48. The summed E-state index contributed by atoms with van der Waals surface area (Å²) in [4.78, 5) is 0. The maximum Gasteiger partial charge on any atom is 0.361 e. The highest BCUT2D eigenvalue weighted by Gasteiger charge is 2.28. The zero-order chi connectivity index (χ0) is 13.6. The fourth-order valence-corrected chi connectivity index (χ4v) is 3.10. The molecule has 0 saturated heterocycles. The third-order valence-corrected chi connectivity index (χ3v) is 4.34. The van der Waals surface area contributed by atoms with Gasteiger partial charge in [0.05, 0.1) is 32.7 Å². The molecule has 0 aliphatic rings. The van der Waals surface area contributed by atoms with E-state index in [-0.39, 0.29) is 0 Å². The van der Waals surface area contributed by atoms with E-state index in [1.807, 2.05) is 0 Å². The van der Waals surface area contributed by atoms with Crippen molar-refractivity contribution in [1.82, 2.24) is 0 Å². The van der Waals surface area contributed by atoms with E-state index in [1.165, 1.54) is 14.2 Å². The fourth-order valence-electron chi connectivity index (χ4n) is 1.48. The van der Waals surface area contributed by atoms with Gasteiger partial charge in [0.25, 0.3) is 0 Å². The van der Waals surface area contributed by atoms with Crippen molar-refractivity contribution < 1.29 is 23.1 Å². The van der Waals surface area contributed by atoms with Crippen LogP contribution in [-0.4, -0.2) is 27.4 Å². The van der Waals surface area contributed by atoms with Crippen molar-refractivity contribution in [2.75, 3.05) is 27.4 Å². The van der Waals surface area contributed by atoms with E-state index in [0.717, 1.165) is 0 Å². The van der Waals surface area contributed by atoms with Crippen molar-refractivity contribution in [3.63, 3.8) is 0 Å². The summed E-state index contributed by atoms with van der Waals surface area (Å²) in [7, 11) is -0.247. The second kappa shape index (κ2) is 6.78. The lowest BCUT2D eigenvalue weighted by molar-refractivity contribution is 0.229. The van der Waals surface area contributed by atoms with Crippen LogP contribution in [0, 0.1) is 0 Å². The van der Waals surface area contributed by atoms with Gasteiger partial charge in [-0.15, -0.1) is 0 Å². The predicted molar refractivity (Wildman–Crippen MR) is 70.0 cm³/mol. The SMILES string of the molecule is CCOP(=O)(OCC)c1cc(OC)cc(OC)c1. The maximum atomic E-state index is 12.6. The fraction of sp³-hybridized carbons (Fsp3) is 0.500. The monoisotopic (exact) mass is 274 g/mol. The molecule has 0 aliphatic heterocycles. The summed E-state index contributed by atoms with van der Waals surface area (Å²) < 4.78 is 33.4. The van der Waals surface area contributed by atoms with Crippen molar-refractivity contribution >= 4 is 12.9 Å². The highest BCUT2D eigenvalue weighted by molar-refractivity contribution is 7.62. The number of methoxy groups -OCH3 is 2. The van der Waals surface area contributed by atoms with Crippen LogP contribution in [0.5, 0.6) is 11.5 Å². The van der Waals surface area contributed by atoms with Crippen molar-refractivity contribution in [2.45, 2.75) is 13.8 Å². The largest absolute Gasteiger partial charge is 0.497 e. The highest BCUT2D eigenvalue weighted by Crippen LogP contribution is 2.48. The van der Waals surface area contributed by atoms with Gasteiger partial charge in [-0.3, -0.25) is 4.57 Å². The molecule has 0 bridgehead atoms. The van der Waals surface area contributed by atoms with E-state index in [4.69, 9.17) is 18.5 Å². The van der Waals surface area contributed by atoms with Crippen LogP contribution in [0.3, 0.4) is 0 Å². The molecule has 18 heavy (non-hydrogen) atoms. The van der Waals surface area contributed by atoms with E-state index in [1.54, 1.807) is 32.0 Å². The first kappa shape index (κ1) is 15.0. The molecular formula is C12H19O5P. The van der Waals surface area contributed by atoms with E-state index < -0.39 is 7.60 Å². The molecule has 1 aromatic carbocycles. The molecule has 0 amide bonds. The van der Waals surface area contributed by atoms with E-state index in [2.05, 4.69) is 0 Å². The van der Waals surface area contributed by atoms with E-state index in [9.17, 15) is 4.57 Å². The molecule has 0 aromatic heterocycles. The quantitative estimate of drug-likeness (QED) is 0.715. The Labute approximate surface area is 108 Å². The first-order chi connectivity index (χ1) is 8.59. The van der Waals surface area contributed by atoms with Crippen LogP contribution in [0.4, 0.5) is 0 Å². The molecule has 0 atom stereocenters. The molecule has 0 fully saturated rings. The van der Waals surface area contributed by atoms with Crippen LogP contribution in [0.15, 0.2) is 18.2 Å². The minimum absolute atomic E-state index is 0.302. The molecule has 0 heterocycles. The molecule has 0 unspecified atom stereocenters. The van der Waals surface area contributed by atoms with E-state index >= 15 is 0 Å². The molecule has 0 N–H and O–H groups in total. The second-order valence-electron chi connectivity index (χ2n) is 3.40. The average molecular weight is 274 g/mol. The van der Waals surface area contributed by atoms with Crippen molar-refractivity contribution in [3.05, 3.63) is 18.2 Å². The highest BCUT2D eigenvalue weighted by atomic mass is 31.2. The lowest BCUT2D eigenvalue weighted by atomic mass is 10.3. The van der Waals surface area contributed by atoms with Crippen molar-refractivity contribution in [3.8, 4) is 11.5 Å². The Morgan fingerprint density at radius 3 is 1.72 bits per heavy atom. The van der Waals surface area contributed by atoms with Gasteiger partial charge in [0.1, 0.15) is 11.5 Å². The van der Waals surface area contributed by atoms with Gasteiger partial charge in [-0.1, -0.05) is 0 Å². The third-order valence-electron chi connectivity index (χ3n) is 2.25. The van der Waals surface area contributed by atoms with Gasteiger partial charge in [0.2, 0.25) is 0 Å². The van der Waals surface area contributed by atoms with E-state index in [0.29, 0.717) is 30.0 Å². The number of hydrogen-bond acceptors (Lipinski definition) is 5. The minimum Gasteiger partial charge on any atom is -0.497 e. The maximum absolute atomic E-state index is 12.6. The summed E-state index contributed by atoms with van der Waals surface area (Å²) in [5, 5.41) is 0.433. The van der Waals surface area contributed by atoms with Crippen LogP contribution >= 0.6 is 7.60 Å².